The molecule has 3 aromatic rings. The van der Waals surface area contributed by atoms with Crippen LogP contribution in [0, 0.1) is 0 Å². The Balaban J connectivity index is 2.18. The van der Waals surface area contributed by atoms with E-state index >= 15 is 0 Å². The van der Waals surface area contributed by atoms with E-state index in [4.69, 9.17) is 0 Å². The average molecular weight is 311 g/mol. The maximum Gasteiger partial charge on any atom is 0.259 e. The zero-order valence-electron chi connectivity index (χ0n) is 12.5. The van der Waals surface area contributed by atoms with E-state index in [1.165, 1.54) is 0 Å². The Bertz CT molecular complexity index is 873. The number of rotatable bonds is 4. The Kier molecular flexibility index (Phi) is 4.15. The van der Waals surface area contributed by atoms with E-state index in [1.54, 1.807) is 36.0 Å². The highest BCUT2D eigenvalue weighted by atomic mass is 32.2. The van der Waals surface area contributed by atoms with Crippen LogP contribution < -0.4 is 10.3 Å². The normalized spacial score (nSPS) is 10.8. The minimum atomic E-state index is -0.0253. The number of nitrogens with one attached hydrogen (secondary N) is 1. The molecule has 0 spiro atoms. The quantitative estimate of drug-likeness (QED) is 0.747. The molecule has 22 heavy (non-hydrogen) atoms. The second-order valence-corrected chi connectivity index (χ2v) is 6.07. The first kappa shape index (κ1) is 14.7. The number of hydrogen-bond donors (Lipinski definition) is 1. The van der Waals surface area contributed by atoms with Gasteiger partial charge in [0.05, 0.1) is 5.39 Å². The van der Waals surface area contributed by atoms with Crippen LogP contribution in [0.4, 0.5) is 5.69 Å². The van der Waals surface area contributed by atoms with Crippen molar-refractivity contribution >= 4 is 28.4 Å². The predicted molar refractivity (Wildman–Crippen MR) is 94.2 cm³/mol. The van der Waals surface area contributed by atoms with Crippen molar-refractivity contribution in [2.24, 2.45) is 7.05 Å². The first-order valence-corrected chi connectivity index (χ1v) is 8.11. The zero-order chi connectivity index (χ0) is 15.5. The molecule has 0 amide bonds. The molecule has 0 atom stereocenters. The molecule has 0 aliphatic carbocycles. The molecule has 5 heteroatoms. The highest BCUT2D eigenvalue weighted by Gasteiger charge is 2.09. The molecule has 0 saturated heterocycles. The van der Waals surface area contributed by atoms with Gasteiger partial charge in [-0.1, -0.05) is 31.0 Å². The number of aromatic nitrogens is 2. The van der Waals surface area contributed by atoms with Gasteiger partial charge in [0.2, 0.25) is 0 Å². The first-order valence-electron chi connectivity index (χ1n) is 7.12. The molecular weight excluding hydrogens is 294 g/mol. The van der Waals surface area contributed by atoms with Crippen LogP contribution in [-0.2, 0) is 7.05 Å². The van der Waals surface area contributed by atoms with Crippen LogP contribution in [0.3, 0.4) is 0 Å². The smallest absolute Gasteiger partial charge is 0.259 e. The van der Waals surface area contributed by atoms with E-state index in [1.807, 2.05) is 24.4 Å². The third-order valence-electron chi connectivity index (χ3n) is 3.49. The summed E-state index contributed by atoms with van der Waals surface area (Å²) in [5.74, 6) is 0.999. The predicted octanol–water partition coefficient (Wildman–Crippen LogP) is 3.68. The van der Waals surface area contributed by atoms with Crippen LogP contribution in [-0.4, -0.2) is 15.3 Å². The van der Waals surface area contributed by atoms with Crippen molar-refractivity contribution in [3.05, 3.63) is 59.3 Å². The van der Waals surface area contributed by atoms with E-state index in [2.05, 4.69) is 28.8 Å². The molecule has 0 radical (unpaired) electrons. The average Bonchev–Trinajstić information content (AvgIpc) is 2.56. The molecule has 112 valence electrons. The number of pyridine rings is 2. The Labute approximate surface area is 133 Å². The molecule has 1 aromatic carbocycles. The van der Waals surface area contributed by atoms with Crippen molar-refractivity contribution in [2.45, 2.75) is 6.92 Å². The van der Waals surface area contributed by atoms with Gasteiger partial charge in [-0.3, -0.25) is 9.78 Å². The lowest BCUT2D eigenvalue weighted by atomic mass is 10.0. The van der Waals surface area contributed by atoms with E-state index < -0.39 is 0 Å². The van der Waals surface area contributed by atoms with Gasteiger partial charge in [0.25, 0.3) is 5.56 Å². The number of aryl methyl sites for hydroxylation is 1. The summed E-state index contributed by atoms with van der Waals surface area (Å²) in [6.07, 6.45) is 5.24. The molecule has 2 heterocycles. The molecule has 0 unspecified atom stereocenters. The van der Waals surface area contributed by atoms with Crippen LogP contribution >= 0.6 is 11.9 Å². The summed E-state index contributed by atoms with van der Waals surface area (Å²) >= 11 is 1.66. The van der Waals surface area contributed by atoms with E-state index in [0.717, 1.165) is 28.0 Å². The molecule has 0 aliphatic rings. The second-order valence-electron chi connectivity index (χ2n) is 5.00. The summed E-state index contributed by atoms with van der Waals surface area (Å²) in [5, 5.41) is 1.57. The Morgan fingerprint density at radius 2 is 2.14 bits per heavy atom. The molecule has 0 aliphatic heterocycles. The molecule has 0 fully saturated rings. The Morgan fingerprint density at radius 1 is 1.27 bits per heavy atom. The fraction of sp³-hybridized carbons (Fsp3) is 0.176. The van der Waals surface area contributed by atoms with Crippen molar-refractivity contribution in [2.75, 3.05) is 10.5 Å². The largest absolute Gasteiger partial charge is 0.330 e. The van der Waals surface area contributed by atoms with Crippen molar-refractivity contribution in [1.29, 1.82) is 0 Å². The van der Waals surface area contributed by atoms with Gasteiger partial charge < -0.3 is 9.29 Å². The van der Waals surface area contributed by atoms with Crippen molar-refractivity contribution in [3.8, 4) is 11.1 Å². The van der Waals surface area contributed by atoms with Gasteiger partial charge in [0.15, 0.2) is 0 Å². The molecule has 1 N–H and O–H groups in total. The zero-order valence-corrected chi connectivity index (χ0v) is 13.4. The molecular formula is C17H17N3OS. The van der Waals surface area contributed by atoms with Gasteiger partial charge in [0, 0.05) is 42.6 Å². The summed E-state index contributed by atoms with van der Waals surface area (Å²) in [4.78, 5) is 16.3. The van der Waals surface area contributed by atoms with Crippen molar-refractivity contribution in [1.82, 2.24) is 9.55 Å². The van der Waals surface area contributed by atoms with Crippen LogP contribution in [0.15, 0.2) is 53.7 Å². The van der Waals surface area contributed by atoms with Gasteiger partial charge in [-0.2, -0.15) is 0 Å². The van der Waals surface area contributed by atoms with Gasteiger partial charge in [-0.15, -0.1) is 0 Å². The van der Waals surface area contributed by atoms with E-state index in [9.17, 15) is 4.79 Å². The summed E-state index contributed by atoms with van der Waals surface area (Å²) < 4.78 is 4.93. The van der Waals surface area contributed by atoms with E-state index in [0.29, 0.717) is 5.39 Å². The maximum absolute atomic E-state index is 12.2. The topological polar surface area (TPSA) is 46.9 Å². The van der Waals surface area contributed by atoms with E-state index in [-0.39, 0.29) is 5.56 Å². The van der Waals surface area contributed by atoms with Crippen LogP contribution in [0.25, 0.3) is 21.9 Å². The van der Waals surface area contributed by atoms with Crippen LogP contribution in [0.5, 0.6) is 0 Å². The number of nitrogens with zero attached hydrogens (tertiary/aromatic N) is 2. The summed E-state index contributed by atoms with van der Waals surface area (Å²) in [5.41, 5.74) is 3.14. The number of benzene rings is 1. The van der Waals surface area contributed by atoms with Crippen LogP contribution in [0.2, 0.25) is 0 Å². The Hall–Kier alpha value is -2.27. The molecule has 2 aromatic heterocycles. The minimum Gasteiger partial charge on any atom is -0.330 e. The third-order valence-corrected chi connectivity index (χ3v) is 4.16. The number of hydrogen-bond acceptors (Lipinski definition) is 4. The SMILES string of the molecule is CCSNc1cccc(-c2cn(C)c(=O)c3cnccc23)c1. The summed E-state index contributed by atoms with van der Waals surface area (Å²) in [6, 6.07) is 10.1. The molecule has 4 nitrogen and oxygen atoms in total. The number of anilines is 1. The Morgan fingerprint density at radius 3 is 2.95 bits per heavy atom. The summed E-state index contributed by atoms with van der Waals surface area (Å²) in [6.45, 7) is 2.11. The second kappa shape index (κ2) is 6.23. The fourth-order valence-corrected chi connectivity index (χ4v) is 2.89. The van der Waals surface area contributed by atoms with Crippen molar-refractivity contribution < 1.29 is 0 Å². The maximum atomic E-state index is 12.2. The van der Waals surface area contributed by atoms with Crippen molar-refractivity contribution in [3.63, 3.8) is 0 Å². The standard InChI is InChI=1S/C17H17N3OS/c1-3-22-19-13-6-4-5-12(9-13)16-11-20(2)17(21)15-10-18-8-7-14(15)16/h4-11,19H,3H2,1-2H3. The lowest BCUT2D eigenvalue weighted by molar-refractivity contribution is 0.874. The fourth-order valence-electron chi connectivity index (χ4n) is 2.45. The molecule has 0 bridgehead atoms. The van der Waals surface area contributed by atoms with Crippen LogP contribution in [0.1, 0.15) is 6.92 Å². The lowest BCUT2D eigenvalue weighted by Gasteiger charge is -2.11. The monoisotopic (exact) mass is 311 g/mol. The van der Waals surface area contributed by atoms with Gasteiger partial charge in [-0.05, 0) is 29.1 Å². The third kappa shape index (κ3) is 2.72. The van der Waals surface area contributed by atoms with Gasteiger partial charge in [0.1, 0.15) is 0 Å². The minimum absolute atomic E-state index is 0.0253. The van der Waals surface area contributed by atoms with Gasteiger partial charge in [-0.25, -0.2) is 0 Å². The summed E-state index contributed by atoms with van der Waals surface area (Å²) in [7, 11) is 1.77. The highest BCUT2D eigenvalue weighted by molar-refractivity contribution is 8.00. The number of fused-ring (bicyclic) bond motifs is 1. The van der Waals surface area contributed by atoms with Gasteiger partial charge >= 0.3 is 0 Å². The highest BCUT2D eigenvalue weighted by Crippen LogP contribution is 2.28. The molecule has 3 rings (SSSR count). The molecule has 0 saturated carbocycles. The first-order chi connectivity index (χ1) is 10.7. The lowest BCUT2D eigenvalue weighted by Crippen LogP contribution is -2.16.